The monoisotopic (exact) mass is 248 g/mol. The third kappa shape index (κ3) is 4.79. The molecule has 0 aliphatic rings. The van der Waals surface area contributed by atoms with Gasteiger partial charge in [0.2, 0.25) is 0 Å². The van der Waals surface area contributed by atoms with E-state index in [4.69, 9.17) is 5.73 Å². The minimum absolute atomic E-state index is 0.599. The van der Waals surface area contributed by atoms with Crippen molar-refractivity contribution in [2.45, 2.75) is 46.6 Å². The van der Waals surface area contributed by atoms with Crippen LogP contribution >= 0.6 is 0 Å². The van der Waals surface area contributed by atoms with Crippen molar-refractivity contribution in [3.63, 3.8) is 0 Å². The maximum absolute atomic E-state index is 5.61. The van der Waals surface area contributed by atoms with Gasteiger partial charge in [-0.15, -0.1) is 0 Å². The van der Waals surface area contributed by atoms with Gasteiger partial charge in [0.1, 0.15) is 0 Å². The summed E-state index contributed by atoms with van der Waals surface area (Å²) in [6, 6.07) is 6.80. The summed E-state index contributed by atoms with van der Waals surface area (Å²) < 4.78 is 0. The summed E-state index contributed by atoms with van der Waals surface area (Å²) in [5.41, 5.74) is 9.83. The predicted molar refractivity (Wildman–Crippen MR) is 79.8 cm³/mol. The number of rotatable bonds is 7. The highest BCUT2D eigenvalue weighted by molar-refractivity contribution is 5.32. The number of aryl methyl sites for hydroxylation is 1. The number of nitrogens with two attached hydrogens (primary N) is 1. The molecule has 2 nitrogen and oxygen atoms in total. The van der Waals surface area contributed by atoms with Crippen LogP contribution in [0.5, 0.6) is 0 Å². The SMILES string of the molecule is Cc1ccc(C(C)C)cc1CNCCC(C)CN. The molecule has 0 saturated carbocycles. The zero-order valence-electron chi connectivity index (χ0n) is 12.3. The fraction of sp³-hybridized carbons (Fsp3) is 0.625. The molecule has 102 valence electrons. The fourth-order valence-electron chi connectivity index (χ4n) is 1.93. The van der Waals surface area contributed by atoms with E-state index in [0.717, 1.165) is 26.1 Å². The zero-order valence-corrected chi connectivity index (χ0v) is 12.3. The Balaban J connectivity index is 2.48. The minimum Gasteiger partial charge on any atom is -0.330 e. The molecule has 1 rings (SSSR count). The molecule has 1 aromatic rings. The van der Waals surface area contributed by atoms with Gasteiger partial charge in [-0.25, -0.2) is 0 Å². The first-order valence-electron chi connectivity index (χ1n) is 7.04. The predicted octanol–water partition coefficient (Wildman–Crippen LogP) is 3.19. The van der Waals surface area contributed by atoms with E-state index in [1.54, 1.807) is 0 Å². The Morgan fingerprint density at radius 2 is 1.94 bits per heavy atom. The molecule has 3 N–H and O–H groups in total. The van der Waals surface area contributed by atoms with Crippen molar-refractivity contribution in [3.05, 3.63) is 34.9 Å². The van der Waals surface area contributed by atoms with Crippen LogP contribution in [0, 0.1) is 12.8 Å². The van der Waals surface area contributed by atoms with E-state index in [1.165, 1.54) is 16.7 Å². The molecule has 0 saturated heterocycles. The van der Waals surface area contributed by atoms with Crippen molar-refractivity contribution in [2.75, 3.05) is 13.1 Å². The average molecular weight is 248 g/mol. The van der Waals surface area contributed by atoms with Gasteiger partial charge in [-0.3, -0.25) is 0 Å². The standard InChI is InChI=1S/C16H28N2/c1-12(2)15-6-5-14(4)16(9-15)11-18-8-7-13(3)10-17/h5-6,9,12-13,18H,7-8,10-11,17H2,1-4H3. The van der Waals surface area contributed by atoms with Crippen LogP contribution in [0.15, 0.2) is 18.2 Å². The molecule has 0 amide bonds. The van der Waals surface area contributed by atoms with Crippen LogP contribution in [0.25, 0.3) is 0 Å². The quantitative estimate of drug-likeness (QED) is 0.727. The Morgan fingerprint density at radius 3 is 2.56 bits per heavy atom. The van der Waals surface area contributed by atoms with Crippen molar-refractivity contribution in [2.24, 2.45) is 11.7 Å². The summed E-state index contributed by atoms with van der Waals surface area (Å²) >= 11 is 0. The Bertz CT molecular complexity index is 358. The Kier molecular flexibility index (Phi) is 6.37. The first-order chi connectivity index (χ1) is 8.54. The summed E-state index contributed by atoms with van der Waals surface area (Å²) in [4.78, 5) is 0. The highest BCUT2D eigenvalue weighted by Gasteiger charge is 2.04. The molecule has 1 aromatic carbocycles. The van der Waals surface area contributed by atoms with Gasteiger partial charge in [0.25, 0.3) is 0 Å². The van der Waals surface area contributed by atoms with Crippen molar-refractivity contribution < 1.29 is 0 Å². The van der Waals surface area contributed by atoms with Crippen molar-refractivity contribution in [3.8, 4) is 0 Å². The summed E-state index contributed by atoms with van der Waals surface area (Å²) in [6.07, 6.45) is 1.15. The van der Waals surface area contributed by atoms with Gasteiger partial charge in [-0.2, -0.15) is 0 Å². The first kappa shape index (κ1) is 15.2. The molecular formula is C16H28N2. The van der Waals surface area contributed by atoms with E-state index in [0.29, 0.717) is 11.8 Å². The molecule has 0 aliphatic heterocycles. The lowest BCUT2D eigenvalue weighted by atomic mass is 9.98. The van der Waals surface area contributed by atoms with Gasteiger partial charge in [-0.1, -0.05) is 39.0 Å². The van der Waals surface area contributed by atoms with Crippen LogP contribution in [0.3, 0.4) is 0 Å². The number of hydrogen-bond acceptors (Lipinski definition) is 2. The highest BCUT2D eigenvalue weighted by Crippen LogP contribution is 2.18. The summed E-state index contributed by atoms with van der Waals surface area (Å²) in [6.45, 7) is 11.7. The van der Waals surface area contributed by atoms with Crippen LogP contribution in [0.4, 0.5) is 0 Å². The second kappa shape index (κ2) is 7.55. The molecule has 0 heterocycles. The van der Waals surface area contributed by atoms with E-state index in [9.17, 15) is 0 Å². The summed E-state index contributed by atoms with van der Waals surface area (Å²) in [5.74, 6) is 1.21. The second-order valence-corrected chi connectivity index (χ2v) is 5.65. The van der Waals surface area contributed by atoms with E-state index in [-0.39, 0.29) is 0 Å². The molecule has 1 atom stereocenters. The second-order valence-electron chi connectivity index (χ2n) is 5.65. The lowest BCUT2D eigenvalue weighted by Gasteiger charge is -2.13. The van der Waals surface area contributed by atoms with Gasteiger partial charge >= 0.3 is 0 Å². The van der Waals surface area contributed by atoms with Crippen molar-refractivity contribution in [1.82, 2.24) is 5.32 Å². The van der Waals surface area contributed by atoms with Crippen LogP contribution in [-0.2, 0) is 6.54 Å². The molecule has 0 aliphatic carbocycles. The van der Waals surface area contributed by atoms with E-state index in [2.05, 4.69) is 51.2 Å². The topological polar surface area (TPSA) is 38.0 Å². The third-order valence-corrected chi connectivity index (χ3v) is 3.57. The molecule has 1 unspecified atom stereocenters. The van der Waals surface area contributed by atoms with Gasteiger partial charge in [0, 0.05) is 6.54 Å². The van der Waals surface area contributed by atoms with E-state index in [1.807, 2.05) is 0 Å². The summed E-state index contributed by atoms with van der Waals surface area (Å²) in [5, 5.41) is 3.52. The average Bonchev–Trinajstić information content (AvgIpc) is 2.35. The van der Waals surface area contributed by atoms with E-state index < -0.39 is 0 Å². The number of hydrogen-bond donors (Lipinski definition) is 2. The lowest BCUT2D eigenvalue weighted by molar-refractivity contribution is 0.509. The highest BCUT2D eigenvalue weighted by atomic mass is 14.8. The minimum atomic E-state index is 0.599. The molecule has 0 spiro atoms. The van der Waals surface area contributed by atoms with Gasteiger partial charge < -0.3 is 11.1 Å². The molecule has 18 heavy (non-hydrogen) atoms. The molecular weight excluding hydrogens is 220 g/mol. The zero-order chi connectivity index (χ0) is 13.5. The van der Waals surface area contributed by atoms with Gasteiger partial charge in [-0.05, 0) is 55.0 Å². The molecule has 0 aromatic heterocycles. The maximum atomic E-state index is 5.61. The normalized spacial score (nSPS) is 13.0. The summed E-state index contributed by atoms with van der Waals surface area (Å²) in [7, 11) is 0. The first-order valence-corrected chi connectivity index (χ1v) is 7.04. The molecule has 0 bridgehead atoms. The number of nitrogens with one attached hydrogen (secondary N) is 1. The van der Waals surface area contributed by atoms with Crippen LogP contribution in [0.1, 0.15) is 49.8 Å². The Morgan fingerprint density at radius 1 is 1.22 bits per heavy atom. The number of benzene rings is 1. The fourth-order valence-corrected chi connectivity index (χ4v) is 1.93. The third-order valence-electron chi connectivity index (χ3n) is 3.57. The van der Waals surface area contributed by atoms with Crippen LogP contribution in [-0.4, -0.2) is 13.1 Å². The Labute approximate surface area is 112 Å². The van der Waals surface area contributed by atoms with E-state index >= 15 is 0 Å². The van der Waals surface area contributed by atoms with Crippen LogP contribution in [0.2, 0.25) is 0 Å². The smallest absolute Gasteiger partial charge is 0.0208 e. The molecule has 2 heteroatoms. The van der Waals surface area contributed by atoms with Crippen molar-refractivity contribution in [1.29, 1.82) is 0 Å². The Hall–Kier alpha value is -0.860. The van der Waals surface area contributed by atoms with Crippen LogP contribution < -0.4 is 11.1 Å². The maximum Gasteiger partial charge on any atom is 0.0208 e. The van der Waals surface area contributed by atoms with Crippen molar-refractivity contribution >= 4 is 0 Å². The lowest BCUT2D eigenvalue weighted by Crippen LogP contribution is -2.20. The van der Waals surface area contributed by atoms with Gasteiger partial charge in [0.15, 0.2) is 0 Å². The molecule has 0 fully saturated rings. The largest absolute Gasteiger partial charge is 0.330 e. The molecule has 0 radical (unpaired) electrons. The van der Waals surface area contributed by atoms with Gasteiger partial charge in [0.05, 0.1) is 0 Å².